The zero-order valence-corrected chi connectivity index (χ0v) is 21.0. The van der Waals surface area contributed by atoms with Crippen LogP contribution in [0.1, 0.15) is 45.1 Å². The number of nitrogens with two attached hydrogens (primary N) is 1. The average molecular weight is 539 g/mol. The van der Waals surface area contributed by atoms with Crippen molar-refractivity contribution < 1.29 is 49.2 Å². The van der Waals surface area contributed by atoms with Gasteiger partial charge in [0.2, 0.25) is 17.7 Å². The lowest BCUT2D eigenvalue weighted by atomic mass is 10.0. The molecule has 0 spiro atoms. The van der Waals surface area contributed by atoms with Gasteiger partial charge in [-0.25, -0.2) is 4.79 Å². The Labute approximate surface area is 218 Å². The van der Waals surface area contributed by atoms with Crippen molar-refractivity contribution in [1.82, 2.24) is 16.0 Å². The van der Waals surface area contributed by atoms with Crippen LogP contribution in [0.15, 0.2) is 24.3 Å². The quantitative estimate of drug-likeness (QED) is 0.129. The van der Waals surface area contributed by atoms with E-state index in [-0.39, 0.29) is 24.5 Å². The van der Waals surface area contributed by atoms with Crippen LogP contribution >= 0.6 is 0 Å². The van der Waals surface area contributed by atoms with Crippen molar-refractivity contribution in [1.29, 1.82) is 0 Å². The Balaban J connectivity index is 3.19. The first-order chi connectivity index (χ1) is 17.7. The van der Waals surface area contributed by atoms with Gasteiger partial charge in [0.25, 0.3) is 0 Å². The second-order valence-corrected chi connectivity index (χ2v) is 9.03. The number of carboxylic acid groups (broad SMARTS) is 3. The largest absolute Gasteiger partial charge is 0.508 e. The molecule has 1 aromatic carbocycles. The van der Waals surface area contributed by atoms with Gasteiger partial charge in [0, 0.05) is 19.3 Å². The van der Waals surface area contributed by atoms with E-state index in [0.717, 1.165) is 0 Å². The normalized spacial score (nSPS) is 14.0. The van der Waals surface area contributed by atoms with Crippen molar-refractivity contribution >= 4 is 35.6 Å². The summed E-state index contributed by atoms with van der Waals surface area (Å²) in [5, 5.41) is 43.8. The van der Waals surface area contributed by atoms with Gasteiger partial charge >= 0.3 is 17.9 Å². The van der Waals surface area contributed by atoms with Gasteiger partial charge in [0.1, 0.15) is 23.9 Å². The molecule has 1 rings (SSSR count). The monoisotopic (exact) mass is 538 g/mol. The van der Waals surface area contributed by atoms with Gasteiger partial charge < -0.3 is 42.1 Å². The Morgan fingerprint density at radius 3 is 1.66 bits per heavy atom. The Morgan fingerprint density at radius 1 is 0.737 bits per heavy atom. The van der Waals surface area contributed by atoms with E-state index in [1.54, 1.807) is 13.8 Å². The minimum atomic E-state index is -1.57. The number of carboxylic acids is 3. The smallest absolute Gasteiger partial charge is 0.326 e. The SMILES string of the molecule is CC(C)C(N)C(=O)NC(CCC(=O)O)C(=O)NC(Cc1ccc(O)cc1)C(=O)NC(CCC(=O)O)C(=O)O. The summed E-state index contributed by atoms with van der Waals surface area (Å²) in [6.45, 7) is 3.36. The van der Waals surface area contributed by atoms with E-state index < -0.39 is 79.1 Å². The van der Waals surface area contributed by atoms with Crippen LogP contribution < -0.4 is 21.7 Å². The predicted octanol–water partition coefficient (Wildman–Crippen LogP) is -0.813. The zero-order chi connectivity index (χ0) is 29.0. The summed E-state index contributed by atoms with van der Waals surface area (Å²) < 4.78 is 0. The first-order valence-corrected chi connectivity index (χ1v) is 11.8. The van der Waals surface area contributed by atoms with Crippen LogP contribution in [0, 0.1) is 5.92 Å². The summed E-state index contributed by atoms with van der Waals surface area (Å²) in [5.41, 5.74) is 6.29. The molecule has 0 aliphatic heterocycles. The highest BCUT2D eigenvalue weighted by atomic mass is 16.4. The summed E-state index contributed by atoms with van der Waals surface area (Å²) in [6.07, 6.45) is -1.93. The maximum absolute atomic E-state index is 13.1. The van der Waals surface area contributed by atoms with Crippen molar-refractivity contribution in [3.63, 3.8) is 0 Å². The van der Waals surface area contributed by atoms with E-state index >= 15 is 0 Å². The molecule has 1 aromatic rings. The van der Waals surface area contributed by atoms with E-state index in [0.29, 0.717) is 5.56 Å². The molecule has 14 heteroatoms. The molecular formula is C24H34N4O10. The lowest BCUT2D eigenvalue weighted by Crippen LogP contribution is -2.58. The molecule has 4 atom stereocenters. The molecule has 9 N–H and O–H groups in total. The maximum Gasteiger partial charge on any atom is 0.326 e. The fourth-order valence-electron chi connectivity index (χ4n) is 3.25. The third-order valence-corrected chi connectivity index (χ3v) is 5.57. The van der Waals surface area contributed by atoms with Crippen molar-refractivity contribution in [3.05, 3.63) is 29.8 Å². The molecule has 210 valence electrons. The number of phenolic OH excluding ortho intramolecular Hbond substituents is 1. The van der Waals surface area contributed by atoms with E-state index in [9.17, 15) is 39.0 Å². The predicted molar refractivity (Wildman–Crippen MR) is 132 cm³/mol. The van der Waals surface area contributed by atoms with E-state index in [1.165, 1.54) is 24.3 Å². The molecule has 38 heavy (non-hydrogen) atoms. The Morgan fingerprint density at radius 2 is 1.18 bits per heavy atom. The molecule has 0 heterocycles. The number of nitrogens with one attached hydrogen (secondary N) is 3. The van der Waals surface area contributed by atoms with Gasteiger partial charge in [0.05, 0.1) is 6.04 Å². The number of aromatic hydroxyl groups is 1. The molecule has 0 aliphatic rings. The van der Waals surface area contributed by atoms with E-state index in [2.05, 4.69) is 16.0 Å². The Kier molecular flexibility index (Phi) is 12.7. The summed E-state index contributed by atoms with van der Waals surface area (Å²) in [4.78, 5) is 72.1. The summed E-state index contributed by atoms with van der Waals surface area (Å²) in [6, 6.07) is 0.270. The topological polar surface area (TPSA) is 245 Å². The highest BCUT2D eigenvalue weighted by Gasteiger charge is 2.31. The van der Waals surface area contributed by atoms with Crippen LogP contribution in [0.3, 0.4) is 0 Å². The van der Waals surface area contributed by atoms with E-state index in [1.807, 2.05) is 0 Å². The van der Waals surface area contributed by atoms with Crippen LogP contribution in [-0.4, -0.2) is 80.2 Å². The van der Waals surface area contributed by atoms with Gasteiger partial charge in [-0.2, -0.15) is 0 Å². The molecule has 0 aromatic heterocycles. The molecular weight excluding hydrogens is 504 g/mol. The van der Waals surface area contributed by atoms with Crippen LogP contribution in [0.25, 0.3) is 0 Å². The van der Waals surface area contributed by atoms with Crippen molar-refractivity contribution in [2.75, 3.05) is 0 Å². The molecule has 14 nitrogen and oxygen atoms in total. The lowest BCUT2D eigenvalue weighted by molar-refractivity contribution is -0.143. The molecule has 0 bridgehead atoms. The summed E-state index contributed by atoms with van der Waals surface area (Å²) in [7, 11) is 0. The Hall–Kier alpha value is -4.20. The van der Waals surface area contributed by atoms with Crippen LogP contribution in [0.2, 0.25) is 0 Å². The van der Waals surface area contributed by atoms with Gasteiger partial charge in [-0.05, 0) is 36.5 Å². The van der Waals surface area contributed by atoms with Gasteiger partial charge in [-0.15, -0.1) is 0 Å². The third kappa shape index (κ3) is 11.2. The number of rotatable bonds is 16. The maximum atomic E-state index is 13.1. The summed E-state index contributed by atoms with van der Waals surface area (Å²) in [5.74, 6) is -6.89. The number of hydrogen-bond acceptors (Lipinski definition) is 8. The minimum Gasteiger partial charge on any atom is -0.508 e. The molecule has 3 amide bonds. The first-order valence-electron chi connectivity index (χ1n) is 11.8. The van der Waals surface area contributed by atoms with Gasteiger partial charge in [-0.3, -0.25) is 24.0 Å². The summed E-state index contributed by atoms with van der Waals surface area (Å²) >= 11 is 0. The molecule has 4 unspecified atom stereocenters. The van der Waals surface area contributed by atoms with Crippen molar-refractivity contribution in [2.24, 2.45) is 11.7 Å². The highest BCUT2D eigenvalue weighted by molar-refractivity contribution is 5.94. The molecule has 0 saturated heterocycles. The van der Waals surface area contributed by atoms with Crippen molar-refractivity contribution in [2.45, 2.75) is 70.1 Å². The molecule has 0 aliphatic carbocycles. The highest BCUT2D eigenvalue weighted by Crippen LogP contribution is 2.13. The van der Waals surface area contributed by atoms with Crippen LogP contribution in [0.5, 0.6) is 5.75 Å². The molecule has 0 saturated carbocycles. The number of aliphatic carboxylic acids is 3. The zero-order valence-electron chi connectivity index (χ0n) is 21.0. The average Bonchev–Trinajstić information content (AvgIpc) is 2.83. The fourth-order valence-corrected chi connectivity index (χ4v) is 3.25. The number of hydrogen-bond donors (Lipinski definition) is 8. The number of phenols is 1. The Bertz CT molecular complexity index is 1010. The number of benzene rings is 1. The fraction of sp³-hybridized carbons (Fsp3) is 0.500. The van der Waals surface area contributed by atoms with Gasteiger partial charge in [0.15, 0.2) is 0 Å². The van der Waals surface area contributed by atoms with Crippen LogP contribution in [-0.2, 0) is 35.2 Å². The minimum absolute atomic E-state index is 0.0589. The molecule has 0 fully saturated rings. The lowest BCUT2D eigenvalue weighted by Gasteiger charge is -2.25. The standard InChI is InChI=1S/C24H34N4O10/c1-12(2)20(25)23(36)26-15(7-9-18(30)31)21(34)28-17(11-13-3-5-14(29)6-4-13)22(35)27-16(24(37)38)8-10-19(32)33/h3-6,12,15-17,20,29H,7-11,25H2,1-2H3,(H,26,36)(H,27,35)(H,28,34)(H,30,31)(H,32,33)(H,37,38). The first kappa shape index (κ1) is 31.8. The second kappa shape index (κ2) is 15.1. The van der Waals surface area contributed by atoms with Crippen molar-refractivity contribution in [3.8, 4) is 5.75 Å². The molecule has 0 radical (unpaired) electrons. The van der Waals surface area contributed by atoms with Gasteiger partial charge in [-0.1, -0.05) is 26.0 Å². The number of amides is 3. The van der Waals surface area contributed by atoms with Crippen LogP contribution in [0.4, 0.5) is 0 Å². The number of carbonyl (C=O) groups is 6. The second-order valence-electron chi connectivity index (χ2n) is 9.03. The van der Waals surface area contributed by atoms with E-state index in [4.69, 9.17) is 15.9 Å². The number of carbonyl (C=O) groups excluding carboxylic acids is 3. The third-order valence-electron chi connectivity index (χ3n) is 5.57.